The molecule has 1 aliphatic heterocycles. The Bertz CT molecular complexity index is 800. The van der Waals surface area contributed by atoms with Crippen molar-refractivity contribution in [3.05, 3.63) is 60.7 Å². The Labute approximate surface area is 162 Å². The molecular formula is C20H21NO5S. The SMILES string of the molecule is CCOC(=O)CC1C(=O)N(Sc2ccc(OC)cc2)C=CC1c1ccco1. The lowest BCUT2D eigenvalue weighted by Crippen LogP contribution is -2.36. The van der Waals surface area contributed by atoms with Crippen LogP contribution in [0.15, 0.2) is 64.2 Å². The maximum Gasteiger partial charge on any atom is 0.306 e. The van der Waals surface area contributed by atoms with Crippen molar-refractivity contribution >= 4 is 23.8 Å². The normalized spacial score (nSPS) is 19.2. The van der Waals surface area contributed by atoms with Crippen LogP contribution in [-0.4, -0.2) is 29.9 Å². The van der Waals surface area contributed by atoms with Crippen LogP contribution in [0.3, 0.4) is 0 Å². The second kappa shape index (κ2) is 8.81. The van der Waals surface area contributed by atoms with Gasteiger partial charge in [-0.1, -0.05) is 6.08 Å². The molecule has 142 valence electrons. The van der Waals surface area contributed by atoms with Crippen molar-refractivity contribution in [2.24, 2.45) is 5.92 Å². The Morgan fingerprint density at radius 2 is 2.04 bits per heavy atom. The van der Waals surface area contributed by atoms with Gasteiger partial charge in [-0.15, -0.1) is 0 Å². The maximum absolute atomic E-state index is 13.1. The molecule has 3 rings (SSSR count). The van der Waals surface area contributed by atoms with Crippen molar-refractivity contribution in [1.82, 2.24) is 4.31 Å². The fourth-order valence-electron chi connectivity index (χ4n) is 2.91. The third kappa shape index (κ3) is 4.54. The molecule has 2 heterocycles. The molecule has 27 heavy (non-hydrogen) atoms. The van der Waals surface area contributed by atoms with E-state index in [2.05, 4.69) is 0 Å². The summed E-state index contributed by atoms with van der Waals surface area (Å²) in [5.74, 6) is -0.0265. The zero-order chi connectivity index (χ0) is 19.2. The Morgan fingerprint density at radius 1 is 1.26 bits per heavy atom. The van der Waals surface area contributed by atoms with Gasteiger partial charge in [0.2, 0.25) is 5.91 Å². The van der Waals surface area contributed by atoms with Crippen LogP contribution in [-0.2, 0) is 14.3 Å². The first-order valence-corrected chi connectivity index (χ1v) is 9.42. The Kier molecular flexibility index (Phi) is 6.24. The predicted octanol–water partition coefficient (Wildman–Crippen LogP) is 4.00. The fourth-order valence-corrected chi connectivity index (χ4v) is 3.75. The topological polar surface area (TPSA) is 69.0 Å². The van der Waals surface area contributed by atoms with E-state index in [9.17, 15) is 9.59 Å². The van der Waals surface area contributed by atoms with E-state index in [-0.39, 0.29) is 24.9 Å². The predicted molar refractivity (Wildman–Crippen MR) is 101 cm³/mol. The number of hydrogen-bond acceptors (Lipinski definition) is 6. The van der Waals surface area contributed by atoms with E-state index in [0.29, 0.717) is 5.76 Å². The average Bonchev–Trinajstić information content (AvgIpc) is 3.20. The lowest BCUT2D eigenvalue weighted by molar-refractivity contribution is -0.147. The smallest absolute Gasteiger partial charge is 0.306 e. The van der Waals surface area contributed by atoms with Gasteiger partial charge in [0.1, 0.15) is 11.5 Å². The maximum atomic E-state index is 13.1. The molecule has 0 N–H and O–H groups in total. The summed E-state index contributed by atoms with van der Waals surface area (Å²) < 4.78 is 17.2. The van der Waals surface area contributed by atoms with Crippen LogP contribution >= 0.6 is 11.9 Å². The van der Waals surface area contributed by atoms with Crippen LogP contribution < -0.4 is 4.74 Å². The van der Waals surface area contributed by atoms with E-state index in [4.69, 9.17) is 13.9 Å². The molecule has 0 fully saturated rings. The highest BCUT2D eigenvalue weighted by molar-refractivity contribution is 7.97. The third-order valence-corrected chi connectivity index (χ3v) is 5.20. The highest BCUT2D eigenvalue weighted by Gasteiger charge is 2.38. The van der Waals surface area contributed by atoms with Gasteiger partial charge in [-0.25, -0.2) is 0 Å². The number of carbonyl (C=O) groups excluding carboxylic acids is 2. The van der Waals surface area contributed by atoms with Crippen LogP contribution in [0.4, 0.5) is 0 Å². The summed E-state index contributed by atoms with van der Waals surface area (Å²) >= 11 is 1.29. The first kappa shape index (κ1) is 19.1. The lowest BCUT2D eigenvalue weighted by Gasteiger charge is -2.31. The number of benzene rings is 1. The molecule has 7 heteroatoms. The first-order valence-electron chi connectivity index (χ1n) is 8.64. The summed E-state index contributed by atoms with van der Waals surface area (Å²) in [6.07, 6.45) is 5.18. The van der Waals surface area contributed by atoms with Crippen LogP contribution in [0, 0.1) is 5.92 Å². The van der Waals surface area contributed by atoms with E-state index >= 15 is 0 Å². The summed E-state index contributed by atoms with van der Waals surface area (Å²) in [5, 5.41) is 0. The van der Waals surface area contributed by atoms with Gasteiger partial charge in [0.05, 0.1) is 32.3 Å². The zero-order valence-electron chi connectivity index (χ0n) is 15.2. The second-order valence-corrected chi connectivity index (χ2v) is 6.98. The molecule has 0 saturated heterocycles. The Balaban J connectivity index is 1.81. The number of furan rings is 1. The van der Waals surface area contributed by atoms with Crippen molar-refractivity contribution in [3.63, 3.8) is 0 Å². The molecule has 1 aliphatic rings. The Morgan fingerprint density at radius 3 is 2.67 bits per heavy atom. The average molecular weight is 387 g/mol. The fraction of sp³-hybridized carbons (Fsp3) is 0.300. The highest BCUT2D eigenvalue weighted by atomic mass is 32.2. The van der Waals surface area contributed by atoms with Crippen LogP contribution in [0.25, 0.3) is 0 Å². The molecule has 2 unspecified atom stereocenters. The standard InChI is InChI=1S/C20H21NO5S/c1-3-25-19(22)13-17-16(18-5-4-12-26-18)10-11-21(20(17)23)27-15-8-6-14(24-2)7-9-15/h4-12,16-17H,3,13H2,1-2H3. The largest absolute Gasteiger partial charge is 0.497 e. The van der Waals surface area contributed by atoms with Gasteiger partial charge in [0.25, 0.3) is 0 Å². The number of allylic oxidation sites excluding steroid dienone is 1. The van der Waals surface area contributed by atoms with E-state index in [1.54, 1.807) is 36.9 Å². The van der Waals surface area contributed by atoms with Crippen molar-refractivity contribution in [2.45, 2.75) is 24.2 Å². The second-order valence-electron chi connectivity index (χ2n) is 5.93. The molecule has 1 aromatic heterocycles. The van der Waals surface area contributed by atoms with E-state index in [1.165, 1.54) is 11.9 Å². The lowest BCUT2D eigenvalue weighted by atomic mass is 9.85. The summed E-state index contributed by atoms with van der Waals surface area (Å²) in [7, 11) is 1.60. The number of carbonyl (C=O) groups is 2. The molecule has 2 atom stereocenters. The monoisotopic (exact) mass is 387 g/mol. The van der Waals surface area contributed by atoms with Crippen LogP contribution in [0.2, 0.25) is 0 Å². The number of amides is 1. The number of hydrogen-bond donors (Lipinski definition) is 0. The molecule has 0 radical (unpaired) electrons. The molecule has 6 nitrogen and oxygen atoms in total. The summed E-state index contributed by atoms with van der Waals surface area (Å²) in [5.41, 5.74) is 0. The number of nitrogens with zero attached hydrogens (tertiary/aromatic N) is 1. The van der Waals surface area contributed by atoms with Crippen LogP contribution in [0.1, 0.15) is 25.0 Å². The molecule has 0 saturated carbocycles. The molecule has 0 spiro atoms. The molecule has 0 aliphatic carbocycles. The van der Waals surface area contributed by atoms with Crippen molar-refractivity contribution in [2.75, 3.05) is 13.7 Å². The van der Waals surface area contributed by atoms with Gasteiger partial charge in [0, 0.05) is 17.0 Å². The summed E-state index contributed by atoms with van der Waals surface area (Å²) in [6, 6.07) is 11.0. The summed E-state index contributed by atoms with van der Waals surface area (Å²) in [6.45, 7) is 2.03. The van der Waals surface area contributed by atoms with E-state index in [0.717, 1.165) is 10.6 Å². The molecule has 0 bridgehead atoms. The minimum Gasteiger partial charge on any atom is -0.497 e. The van der Waals surface area contributed by atoms with Gasteiger partial charge in [-0.3, -0.25) is 13.9 Å². The quantitative estimate of drug-likeness (QED) is 0.528. The van der Waals surface area contributed by atoms with Crippen molar-refractivity contribution in [3.8, 4) is 5.75 Å². The van der Waals surface area contributed by atoms with Gasteiger partial charge in [-0.2, -0.15) is 0 Å². The van der Waals surface area contributed by atoms with Gasteiger partial charge < -0.3 is 13.9 Å². The zero-order valence-corrected chi connectivity index (χ0v) is 16.0. The van der Waals surface area contributed by atoms with E-state index in [1.807, 2.05) is 36.4 Å². The molecular weight excluding hydrogens is 366 g/mol. The van der Waals surface area contributed by atoms with E-state index < -0.39 is 11.9 Å². The summed E-state index contributed by atoms with van der Waals surface area (Å²) in [4.78, 5) is 26.0. The minimum atomic E-state index is -0.578. The highest BCUT2D eigenvalue weighted by Crippen LogP contribution is 2.38. The van der Waals surface area contributed by atoms with Gasteiger partial charge in [-0.05, 0) is 55.3 Å². The number of ether oxygens (including phenoxy) is 2. The van der Waals surface area contributed by atoms with Crippen molar-refractivity contribution in [1.29, 1.82) is 0 Å². The molecule has 1 amide bonds. The number of esters is 1. The van der Waals surface area contributed by atoms with Gasteiger partial charge in [0.15, 0.2) is 0 Å². The molecule has 2 aromatic rings. The Hall–Kier alpha value is -2.67. The first-order chi connectivity index (χ1) is 13.1. The minimum absolute atomic E-state index is 0.00204. The third-order valence-electron chi connectivity index (χ3n) is 4.22. The molecule has 1 aromatic carbocycles. The number of rotatable bonds is 7. The number of methoxy groups -OCH3 is 1. The van der Waals surface area contributed by atoms with Crippen molar-refractivity contribution < 1.29 is 23.5 Å². The van der Waals surface area contributed by atoms with Crippen LogP contribution in [0.5, 0.6) is 5.75 Å². The van der Waals surface area contributed by atoms with Gasteiger partial charge >= 0.3 is 5.97 Å².